The van der Waals surface area contributed by atoms with Crippen LogP contribution in [0.5, 0.6) is 0 Å². The molecule has 1 aromatic carbocycles. The van der Waals surface area contributed by atoms with E-state index >= 15 is 0 Å². The summed E-state index contributed by atoms with van der Waals surface area (Å²) in [6.07, 6.45) is 0.869. The highest BCUT2D eigenvalue weighted by Crippen LogP contribution is 2.37. The molecule has 2 saturated heterocycles. The van der Waals surface area contributed by atoms with Gasteiger partial charge in [0.25, 0.3) is 0 Å². The Morgan fingerprint density at radius 1 is 1.22 bits per heavy atom. The third-order valence-electron chi connectivity index (χ3n) is 5.26. The lowest BCUT2D eigenvalue weighted by molar-refractivity contribution is -0.119. The summed E-state index contributed by atoms with van der Waals surface area (Å²) in [6.45, 7) is 10.8. The average molecular weight is 336 g/mol. The lowest BCUT2D eigenvalue weighted by Crippen LogP contribution is -2.41. The predicted molar refractivity (Wildman–Crippen MR) is 93.3 cm³/mol. The van der Waals surface area contributed by atoms with Gasteiger partial charge in [-0.3, -0.25) is 4.79 Å². The van der Waals surface area contributed by atoms with E-state index in [1.165, 1.54) is 0 Å². The average Bonchev–Trinajstić information content (AvgIpc) is 2.88. The predicted octanol–water partition coefficient (Wildman–Crippen LogP) is 3.01. The van der Waals surface area contributed by atoms with Crippen LogP contribution in [0.2, 0.25) is 5.02 Å². The van der Waals surface area contributed by atoms with Crippen LogP contribution in [0.1, 0.15) is 41.0 Å². The fraction of sp³-hybridized carbons (Fsp3) is 0.588. The molecule has 124 valence electrons. The zero-order valence-corrected chi connectivity index (χ0v) is 15.1. The maximum absolute atomic E-state index is 12.2. The van der Waals surface area contributed by atoms with E-state index < -0.39 is 7.12 Å². The number of amides is 1. The van der Waals surface area contributed by atoms with Crippen molar-refractivity contribution in [2.45, 2.75) is 52.2 Å². The van der Waals surface area contributed by atoms with Gasteiger partial charge >= 0.3 is 7.12 Å². The molecule has 1 aromatic rings. The number of benzene rings is 1. The summed E-state index contributed by atoms with van der Waals surface area (Å²) < 4.78 is 12.1. The highest BCUT2D eigenvalue weighted by atomic mass is 35.5. The van der Waals surface area contributed by atoms with E-state index in [2.05, 4.69) is 0 Å². The second-order valence-electron chi connectivity index (χ2n) is 7.48. The molecular weight excluding hydrogens is 312 g/mol. The van der Waals surface area contributed by atoms with Crippen LogP contribution >= 0.6 is 11.6 Å². The first-order valence-corrected chi connectivity index (χ1v) is 8.47. The lowest BCUT2D eigenvalue weighted by atomic mass is 9.79. The Hall–Kier alpha value is -1.04. The minimum atomic E-state index is -0.445. The van der Waals surface area contributed by atoms with E-state index in [9.17, 15) is 4.79 Å². The van der Waals surface area contributed by atoms with Crippen LogP contribution < -0.4 is 10.4 Å². The molecule has 1 amide bonds. The second kappa shape index (κ2) is 5.50. The highest BCUT2D eigenvalue weighted by molar-refractivity contribution is 6.62. The molecule has 0 saturated carbocycles. The van der Waals surface area contributed by atoms with Crippen molar-refractivity contribution in [2.75, 3.05) is 11.4 Å². The summed E-state index contributed by atoms with van der Waals surface area (Å²) in [5.74, 6) is 0.198. The fourth-order valence-corrected chi connectivity index (χ4v) is 3.22. The molecule has 0 spiro atoms. The topological polar surface area (TPSA) is 38.8 Å². The van der Waals surface area contributed by atoms with Crippen LogP contribution in [0.4, 0.5) is 5.69 Å². The van der Waals surface area contributed by atoms with E-state index in [1.807, 2.05) is 52.8 Å². The molecule has 0 bridgehead atoms. The number of halogens is 1. The summed E-state index contributed by atoms with van der Waals surface area (Å²) in [6, 6.07) is 5.66. The zero-order valence-electron chi connectivity index (χ0n) is 14.4. The number of hydrogen-bond acceptors (Lipinski definition) is 3. The van der Waals surface area contributed by atoms with Gasteiger partial charge in [0.15, 0.2) is 0 Å². The van der Waals surface area contributed by atoms with Gasteiger partial charge in [0.1, 0.15) is 0 Å². The van der Waals surface area contributed by atoms with Crippen LogP contribution in [0.15, 0.2) is 18.2 Å². The Bertz CT molecular complexity index is 631. The molecule has 2 fully saturated rings. The summed E-state index contributed by atoms with van der Waals surface area (Å²) in [4.78, 5) is 14.0. The van der Waals surface area contributed by atoms with Gasteiger partial charge in [-0.1, -0.05) is 24.6 Å². The Morgan fingerprint density at radius 2 is 1.83 bits per heavy atom. The molecule has 0 radical (unpaired) electrons. The van der Waals surface area contributed by atoms with Crippen molar-refractivity contribution in [3.8, 4) is 0 Å². The third kappa shape index (κ3) is 2.79. The molecular formula is C17H23BClNO3. The van der Waals surface area contributed by atoms with Crippen molar-refractivity contribution in [3.05, 3.63) is 23.2 Å². The maximum Gasteiger partial charge on any atom is 0.494 e. The van der Waals surface area contributed by atoms with Gasteiger partial charge < -0.3 is 14.2 Å². The van der Waals surface area contributed by atoms with Crippen molar-refractivity contribution >= 4 is 35.8 Å². The van der Waals surface area contributed by atoms with Gasteiger partial charge in [0.2, 0.25) is 5.91 Å². The van der Waals surface area contributed by atoms with Gasteiger partial charge in [-0.25, -0.2) is 0 Å². The molecule has 6 heteroatoms. The van der Waals surface area contributed by atoms with Gasteiger partial charge in [0.05, 0.1) is 21.9 Å². The van der Waals surface area contributed by atoms with Gasteiger partial charge in [-0.05, 0) is 51.7 Å². The number of anilines is 1. The number of carbonyl (C=O) groups is 1. The molecule has 2 aliphatic rings. The molecule has 4 nitrogen and oxygen atoms in total. The Morgan fingerprint density at radius 3 is 2.30 bits per heavy atom. The lowest BCUT2D eigenvalue weighted by Gasteiger charge is -2.32. The molecule has 2 heterocycles. The van der Waals surface area contributed by atoms with E-state index in [1.54, 1.807) is 4.90 Å². The molecule has 2 aliphatic heterocycles. The molecule has 0 N–H and O–H groups in total. The Kier molecular flexibility index (Phi) is 4.02. The van der Waals surface area contributed by atoms with Gasteiger partial charge in [0, 0.05) is 12.5 Å². The first-order valence-electron chi connectivity index (χ1n) is 8.09. The number of carbonyl (C=O) groups excluding carboxylic acids is 1. The Labute approximate surface area is 143 Å². The first kappa shape index (κ1) is 16.8. The number of nitrogens with zero attached hydrogens (tertiary/aromatic N) is 1. The zero-order chi connectivity index (χ0) is 17.0. The minimum absolute atomic E-state index is 0.0637. The molecule has 1 unspecified atom stereocenters. The van der Waals surface area contributed by atoms with E-state index in [-0.39, 0.29) is 23.0 Å². The summed E-state index contributed by atoms with van der Waals surface area (Å²) >= 11 is 6.44. The monoisotopic (exact) mass is 335 g/mol. The molecule has 1 atom stereocenters. The minimum Gasteiger partial charge on any atom is -0.399 e. The van der Waals surface area contributed by atoms with E-state index in [0.717, 1.165) is 24.1 Å². The van der Waals surface area contributed by atoms with Crippen LogP contribution in [0.3, 0.4) is 0 Å². The molecule has 3 rings (SSSR count). The number of hydrogen-bond donors (Lipinski definition) is 0. The van der Waals surface area contributed by atoms with Crippen LogP contribution in [-0.2, 0) is 14.1 Å². The summed E-state index contributed by atoms with van der Waals surface area (Å²) in [7, 11) is -0.445. The highest BCUT2D eigenvalue weighted by Gasteiger charge is 2.51. The van der Waals surface area contributed by atoms with Crippen molar-refractivity contribution < 1.29 is 14.1 Å². The largest absolute Gasteiger partial charge is 0.494 e. The smallest absolute Gasteiger partial charge is 0.399 e. The third-order valence-corrected chi connectivity index (χ3v) is 5.56. The number of rotatable bonds is 2. The van der Waals surface area contributed by atoms with Crippen LogP contribution in [-0.4, -0.2) is 30.8 Å². The van der Waals surface area contributed by atoms with Crippen LogP contribution in [0.25, 0.3) is 0 Å². The Balaban J connectivity index is 1.85. The van der Waals surface area contributed by atoms with Gasteiger partial charge in [-0.2, -0.15) is 0 Å². The van der Waals surface area contributed by atoms with Gasteiger partial charge in [-0.15, -0.1) is 0 Å². The molecule has 0 aliphatic carbocycles. The van der Waals surface area contributed by atoms with Crippen molar-refractivity contribution in [1.82, 2.24) is 0 Å². The summed E-state index contributed by atoms with van der Waals surface area (Å²) in [5.41, 5.74) is 0.866. The van der Waals surface area contributed by atoms with Crippen molar-refractivity contribution in [1.29, 1.82) is 0 Å². The fourth-order valence-electron chi connectivity index (χ4n) is 2.93. The normalized spacial score (nSPS) is 26.2. The van der Waals surface area contributed by atoms with E-state index in [0.29, 0.717) is 5.02 Å². The molecule has 23 heavy (non-hydrogen) atoms. The quantitative estimate of drug-likeness (QED) is 0.780. The molecule has 0 aromatic heterocycles. The maximum atomic E-state index is 12.2. The second-order valence-corrected chi connectivity index (χ2v) is 7.89. The van der Waals surface area contributed by atoms with Crippen molar-refractivity contribution in [2.24, 2.45) is 5.92 Å². The summed E-state index contributed by atoms with van der Waals surface area (Å²) in [5, 5.41) is 0.555. The standard InChI is InChI=1S/C17H23BClNO3/c1-11-8-9-20(15(11)21)14-7-6-12(10-13(14)19)18-22-16(2,3)17(4,5)23-18/h6-7,10-11H,8-9H2,1-5H3. The van der Waals surface area contributed by atoms with E-state index in [4.69, 9.17) is 20.9 Å². The SMILES string of the molecule is CC1CCN(c2ccc(B3OC(C)(C)C(C)(C)O3)cc2Cl)C1=O. The first-order chi connectivity index (χ1) is 10.6. The van der Waals surface area contributed by atoms with Crippen LogP contribution in [0, 0.1) is 5.92 Å². The van der Waals surface area contributed by atoms with Crippen molar-refractivity contribution in [3.63, 3.8) is 0 Å².